The zero-order valence-electron chi connectivity index (χ0n) is 17.5. The predicted molar refractivity (Wildman–Crippen MR) is 120 cm³/mol. The minimum Gasteiger partial charge on any atom is -0.350 e. The number of hydrogen-bond acceptors (Lipinski definition) is 4. The van der Waals surface area contributed by atoms with E-state index in [1.807, 2.05) is 36.1 Å². The van der Waals surface area contributed by atoms with Crippen molar-refractivity contribution in [3.8, 4) is 11.3 Å². The van der Waals surface area contributed by atoms with Gasteiger partial charge in [0.05, 0.1) is 12.2 Å². The van der Waals surface area contributed by atoms with E-state index in [0.29, 0.717) is 30.8 Å². The first kappa shape index (κ1) is 23.4. The molecule has 7 heteroatoms. The SMILES string of the molecule is CCCN(CCC)C(=O)CCCC(=O)NCc1nc(-c2ccc(Cl)cc2)c(C)s1. The van der Waals surface area contributed by atoms with Gasteiger partial charge in [0.25, 0.3) is 0 Å². The van der Waals surface area contributed by atoms with Gasteiger partial charge in [-0.2, -0.15) is 0 Å². The van der Waals surface area contributed by atoms with Gasteiger partial charge >= 0.3 is 0 Å². The number of aryl methyl sites for hydroxylation is 1. The number of nitrogens with one attached hydrogen (secondary N) is 1. The predicted octanol–water partition coefficient (Wildman–Crippen LogP) is 5.21. The van der Waals surface area contributed by atoms with Crippen molar-refractivity contribution >= 4 is 34.8 Å². The van der Waals surface area contributed by atoms with Crippen LogP contribution in [0.2, 0.25) is 5.02 Å². The Bertz CT molecular complexity index is 799. The smallest absolute Gasteiger partial charge is 0.222 e. The molecule has 0 saturated heterocycles. The Kier molecular flexibility index (Phi) is 9.61. The van der Waals surface area contributed by atoms with Crippen LogP contribution in [-0.4, -0.2) is 34.8 Å². The van der Waals surface area contributed by atoms with Crippen molar-refractivity contribution in [3.05, 3.63) is 39.2 Å². The summed E-state index contributed by atoms with van der Waals surface area (Å²) < 4.78 is 0. The molecule has 5 nitrogen and oxygen atoms in total. The van der Waals surface area contributed by atoms with E-state index >= 15 is 0 Å². The fourth-order valence-corrected chi connectivity index (χ4v) is 4.15. The average Bonchev–Trinajstić information content (AvgIpc) is 3.07. The van der Waals surface area contributed by atoms with E-state index in [4.69, 9.17) is 11.6 Å². The number of benzene rings is 1. The lowest BCUT2D eigenvalue weighted by molar-refractivity contribution is -0.131. The fourth-order valence-electron chi connectivity index (χ4n) is 3.12. The summed E-state index contributed by atoms with van der Waals surface area (Å²) in [5, 5.41) is 4.48. The van der Waals surface area contributed by atoms with Crippen LogP contribution in [0, 0.1) is 6.92 Å². The Morgan fingerprint density at radius 2 is 1.76 bits per heavy atom. The normalized spacial score (nSPS) is 10.8. The van der Waals surface area contributed by atoms with Crippen LogP contribution in [0.15, 0.2) is 24.3 Å². The van der Waals surface area contributed by atoms with E-state index in [1.54, 1.807) is 11.3 Å². The molecule has 29 heavy (non-hydrogen) atoms. The highest BCUT2D eigenvalue weighted by atomic mass is 35.5. The lowest BCUT2D eigenvalue weighted by Gasteiger charge is -2.21. The maximum atomic E-state index is 12.3. The number of amides is 2. The van der Waals surface area contributed by atoms with Crippen molar-refractivity contribution in [2.75, 3.05) is 13.1 Å². The monoisotopic (exact) mass is 435 g/mol. The standard InChI is InChI=1S/C22H30ClN3O2S/c1-4-13-26(14-5-2)21(28)8-6-7-19(27)24-15-20-25-22(16(3)29-20)17-9-11-18(23)12-10-17/h9-12H,4-8,13-15H2,1-3H3,(H,24,27). The molecule has 0 atom stereocenters. The number of hydrogen-bond donors (Lipinski definition) is 1. The van der Waals surface area contributed by atoms with E-state index in [1.165, 1.54) is 0 Å². The van der Waals surface area contributed by atoms with Crippen molar-refractivity contribution in [2.45, 2.75) is 59.4 Å². The lowest BCUT2D eigenvalue weighted by Crippen LogP contribution is -2.32. The molecule has 1 N–H and O–H groups in total. The van der Waals surface area contributed by atoms with Crippen LogP contribution >= 0.6 is 22.9 Å². The molecule has 1 heterocycles. The Labute approximate surface area is 182 Å². The molecule has 158 valence electrons. The van der Waals surface area contributed by atoms with Gasteiger partial charge in [0.1, 0.15) is 5.01 Å². The van der Waals surface area contributed by atoms with E-state index in [0.717, 1.165) is 47.1 Å². The molecule has 0 aliphatic heterocycles. The number of nitrogens with zero attached hydrogens (tertiary/aromatic N) is 2. The van der Waals surface area contributed by atoms with Crippen LogP contribution in [0.25, 0.3) is 11.3 Å². The third-order valence-electron chi connectivity index (χ3n) is 4.53. The summed E-state index contributed by atoms with van der Waals surface area (Å²) in [4.78, 5) is 32.1. The summed E-state index contributed by atoms with van der Waals surface area (Å²) in [6, 6.07) is 7.59. The zero-order chi connectivity index (χ0) is 21.2. The van der Waals surface area contributed by atoms with Crippen LogP contribution in [0.3, 0.4) is 0 Å². The average molecular weight is 436 g/mol. The molecule has 0 radical (unpaired) electrons. The molecule has 1 aromatic carbocycles. The summed E-state index contributed by atoms with van der Waals surface area (Å²) in [7, 11) is 0. The molecule has 1 aromatic heterocycles. The van der Waals surface area contributed by atoms with Gasteiger partial charge in [0.15, 0.2) is 0 Å². The summed E-state index contributed by atoms with van der Waals surface area (Å²) in [5.74, 6) is 0.0980. The maximum absolute atomic E-state index is 12.3. The first-order chi connectivity index (χ1) is 13.9. The molecule has 0 fully saturated rings. The van der Waals surface area contributed by atoms with Crippen LogP contribution < -0.4 is 5.32 Å². The number of rotatable bonds is 11. The highest BCUT2D eigenvalue weighted by molar-refractivity contribution is 7.12. The van der Waals surface area contributed by atoms with Crippen LogP contribution in [0.1, 0.15) is 55.8 Å². The molecular formula is C22H30ClN3O2S. The second kappa shape index (κ2) is 11.9. The summed E-state index contributed by atoms with van der Waals surface area (Å²) in [6.45, 7) is 8.15. The summed E-state index contributed by atoms with van der Waals surface area (Å²) >= 11 is 7.53. The zero-order valence-corrected chi connectivity index (χ0v) is 19.0. The van der Waals surface area contributed by atoms with Gasteiger partial charge in [-0.05, 0) is 38.3 Å². The van der Waals surface area contributed by atoms with Crippen LogP contribution in [0.5, 0.6) is 0 Å². The van der Waals surface area contributed by atoms with Crippen molar-refractivity contribution in [2.24, 2.45) is 0 Å². The van der Waals surface area contributed by atoms with Gasteiger partial charge < -0.3 is 10.2 Å². The highest BCUT2D eigenvalue weighted by Crippen LogP contribution is 2.28. The maximum Gasteiger partial charge on any atom is 0.222 e. The Morgan fingerprint density at radius 1 is 1.10 bits per heavy atom. The number of carbonyl (C=O) groups excluding carboxylic acids is 2. The number of halogens is 1. The molecule has 0 unspecified atom stereocenters. The summed E-state index contributed by atoms with van der Waals surface area (Å²) in [6.07, 6.45) is 3.26. The third-order valence-corrected chi connectivity index (χ3v) is 5.75. The Morgan fingerprint density at radius 3 is 2.38 bits per heavy atom. The van der Waals surface area contributed by atoms with Gasteiger partial charge in [-0.1, -0.05) is 37.6 Å². The first-order valence-corrected chi connectivity index (χ1v) is 11.4. The minimum absolute atomic E-state index is 0.0452. The van der Waals surface area contributed by atoms with E-state index in [-0.39, 0.29) is 11.8 Å². The van der Waals surface area contributed by atoms with E-state index in [9.17, 15) is 9.59 Å². The fraction of sp³-hybridized carbons (Fsp3) is 0.500. The molecule has 0 saturated carbocycles. The number of aromatic nitrogens is 1. The molecule has 0 aliphatic rings. The third kappa shape index (κ3) is 7.44. The van der Waals surface area contributed by atoms with Gasteiger partial charge in [-0.3, -0.25) is 9.59 Å². The largest absolute Gasteiger partial charge is 0.350 e. The lowest BCUT2D eigenvalue weighted by atomic mass is 10.1. The minimum atomic E-state index is -0.0452. The van der Waals surface area contributed by atoms with E-state index < -0.39 is 0 Å². The topological polar surface area (TPSA) is 62.3 Å². The van der Waals surface area contributed by atoms with Gasteiger partial charge in [-0.25, -0.2) is 4.98 Å². The van der Waals surface area contributed by atoms with Gasteiger partial charge in [0.2, 0.25) is 11.8 Å². The highest BCUT2D eigenvalue weighted by Gasteiger charge is 2.13. The van der Waals surface area contributed by atoms with E-state index in [2.05, 4.69) is 24.1 Å². The first-order valence-electron chi connectivity index (χ1n) is 10.2. The quantitative estimate of drug-likeness (QED) is 0.527. The molecule has 0 aliphatic carbocycles. The van der Waals surface area contributed by atoms with Crippen LogP contribution in [-0.2, 0) is 16.1 Å². The van der Waals surface area contributed by atoms with Crippen molar-refractivity contribution in [1.29, 1.82) is 0 Å². The summed E-state index contributed by atoms with van der Waals surface area (Å²) in [5.41, 5.74) is 1.94. The van der Waals surface area contributed by atoms with Gasteiger partial charge in [0, 0.05) is 41.4 Å². The molecular weight excluding hydrogens is 406 g/mol. The second-order valence-electron chi connectivity index (χ2n) is 7.03. The Balaban J connectivity index is 1.78. The molecule has 0 bridgehead atoms. The van der Waals surface area contributed by atoms with Crippen molar-refractivity contribution in [1.82, 2.24) is 15.2 Å². The molecule has 2 amide bonds. The molecule has 0 spiro atoms. The molecule has 2 rings (SSSR count). The van der Waals surface area contributed by atoms with Crippen molar-refractivity contribution in [3.63, 3.8) is 0 Å². The van der Waals surface area contributed by atoms with Crippen LogP contribution in [0.4, 0.5) is 0 Å². The van der Waals surface area contributed by atoms with Gasteiger partial charge in [-0.15, -0.1) is 11.3 Å². The number of thiazole rings is 1. The molecule has 2 aromatic rings. The second-order valence-corrected chi connectivity index (χ2v) is 8.75. The Hall–Kier alpha value is -1.92. The van der Waals surface area contributed by atoms with Crippen molar-refractivity contribution < 1.29 is 9.59 Å². The number of carbonyl (C=O) groups is 2.